The van der Waals surface area contributed by atoms with Crippen molar-refractivity contribution < 1.29 is 0 Å². The summed E-state index contributed by atoms with van der Waals surface area (Å²) in [4.78, 5) is 37.6. The van der Waals surface area contributed by atoms with Gasteiger partial charge in [-0.05, 0) is 203 Å². The molecule has 0 spiro atoms. The number of pyridine rings is 9. The number of hydrogen-bond acceptors (Lipinski definition) is 9. The number of aryl methyl sites for hydroxylation is 9. The molecule has 0 saturated heterocycles. The van der Waals surface area contributed by atoms with E-state index < -0.39 is 0 Å². The van der Waals surface area contributed by atoms with E-state index in [4.69, 9.17) is 0 Å². The van der Waals surface area contributed by atoms with Crippen LogP contribution in [0.2, 0.25) is 0 Å². The van der Waals surface area contributed by atoms with E-state index in [0.717, 1.165) is 33.3 Å². The zero-order valence-corrected chi connectivity index (χ0v) is 75.7. The van der Waals surface area contributed by atoms with Gasteiger partial charge in [0.2, 0.25) is 0 Å². The fourth-order valence-electron chi connectivity index (χ4n) is 11.0. The molecule has 0 fully saturated rings. The number of para-hydroxylation sites is 2. The van der Waals surface area contributed by atoms with Crippen LogP contribution in [-0.4, -0.2) is 44.9 Å². The minimum atomic E-state index is 1.07. The van der Waals surface area contributed by atoms with Crippen molar-refractivity contribution in [2.45, 2.75) is 187 Å². The van der Waals surface area contributed by atoms with Gasteiger partial charge < -0.3 is 0 Å². The Bertz CT molecular complexity index is 4810. The molecule has 0 amide bonds. The molecule has 0 atom stereocenters. The van der Waals surface area contributed by atoms with Gasteiger partial charge in [-0.25, -0.2) is 0 Å². The molecule has 0 N–H and O–H groups in total. The first kappa shape index (κ1) is 103. The van der Waals surface area contributed by atoms with Gasteiger partial charge in [0.15, 0.2) is 0 Å². The Hall–Kier alpha value is -12.3. The normalized spacial score (nSPS) is 9.15. The van der Waals surface area contributed by atoms with E-state index in [1.165, 1.54) is 115 Å². The van der Waals surface area contributed by atoms with Gasteiger partial charge in [0, 0.05) is 129 Å². The highest BCUT2D eigenvalue weighted by Gasteiger charge is 2.00. The van der Waals surface area contributed by atoms with Crippen molar-refractivity contribution in [1.29, 1.82) is 0 Å². The molecular formula is C108H135N9. The van der Waals surface area contributed by atoms with E-state index in [0.29, 0.717) is 0 Å². The molecule has 9 nitrogen and oxygen atoms in total. The molecule has 0 bridgehead atoms. The lowest BCUT2D eigenvalue weighted by Crippen LogP contribution is -1.80. The second-order valence-electron chi connectivity index (χ2n) is 24.1. The van der Waals surface area contributed by atoms with Crippen molar-refractivity contribution in [2.24, 2.45) is 0 Å². The largest absolute Gasteiger partial charge is 0.264 e. The molecule has 18 aromatic rings. The van der Waals surface area contributed by atoms with Crippen molar-refractivity contribution in [3.8, 4) is 0 Å². The number of hydrogen-bond donors (Lipinski definition) is 0. The molecule has 9 aromatic heterocycles. The predicted octanol–water partition coefficient (Wildman–Crippen LogP) is 32.1. The molecule has 9 aromatic carbocycles. The van der Waals surface area contributed by atoms with Crippen LogP contribution in [-0.2, 0) is 0 Å². The Balaban J connectivity index is 0.000000642. The lowest BCUT2D eigenvalue weighted by atomic mass is 10.1. The molecule has 9 heterocycles. The SMILES string of the molecule is CC.CC.CC.CC.CC.CC.CC.CC.CC.Cc1ccc2cccnc2c1.Cc1ccc2ccncc2c1.Cc1ccc2cnccc2c1.Cc1ccc2ncccc2c1.Cc1cccc2ncccc12.Cc1ccnc2ccccc12.Cc1cnc2ccccc2c1.Cc1cncc2ccccc12.Cc1nccc2ccccc12. The molecule has 0 unspecified atom stereocenters. The summed E-state index contributed by atoms with van der Waals surface area (Å²) < 4.78 is 0. The highest BCUT2D eigenvalue weighted by molar-refractivity contribution is 5.87. The second-order valence-corrected chi connectivity index (χ2v) is 24.1. The van der Waals surface area contributed by atoms with E-state index in [2.05, 4.69) is 240 Å². The first-order chi connectivity index (χ1) is 57.3. The lowest BCUT2D eigenvalue weighted by molar-refractivity contribution is 1.24. The zero-order valence-electron chi connectivity index (χ0n) is 75.7. The molecule has 0 aliphatic heterocycles. The van der Waals surface area contributed by atoms with Crippen molar-refractivity contribution in [1.82, 2.24) is 44.9 Å². The van der Waals surface area contributed by atoms with Crippen LogP contribution in [0.5, 0.6) is 0 Å². The minimum absolute atomic E-state index is 1.07. The maximum atomic E-state index is 4.28. The van der Waals surface area contributed by atoms with E-state index in [9.17, 15) is 0 Å². The van der Waals surface area contributed by atoms with Crippen LogP contribution in [0, 0.1) is 62.3 Å². The summed E-state index contributed by atoms with van der Waals surface area (Å²) in [5.41, 5.74) is 16.6. The summed E-state index contributed by atoms with van der Waals surface area (Å²) in [6, 6.07) is 86.7. The average molecular weight is 1560 g/mol. The van der Waals surface area contributed by atoms with Gasteiger partial charge in [-0.3, -0.25) is 44.9 Å². The van der Waals surface area contributed by atoms with Gasteiger partial charge in [-0.2, -0.15) is 0 Å². The third-order valence-corrected chi connectivity index (χ3v) is 16.3. The van der Waals surface area contributed by atoms with Gasteiger partial charge >= 0.3 is 0 Å². The maximum Gasteiger partial charge on any atom is 0.0704 e. The number of fused-ring (bicyclic) bond motifs is 9. The van der Waals surface area contributed by atoms with E-state index in [1.54, 1.807) is 0 Å². The Morgan fingerprint density at radius 1 is 0.162 bits per heavy atom. The molecular weight excluding hydrogens is 1420 g/mol. The number of nitrogens with zero attached hydrogens (tertiary/aromatic N) is 9. The third-order valence-electron chi connectivity index (χ3n) is 16.3. The first-order valence-corrected chi connectivity index (χ1v) is 42.1. The summed E-state index contributed by atoms with van der Waals surface area (Å²) in [7, 11) is 0. The second kappa shape index (κ2) is 63.0. The first-order valence-electron chi connectivity index (χ1n) is 42.1. The monoisotopic (exact) mass is 1560 g/mol. The topological polar surface area (TPSA) is 116 Å². The fraction of sp³-hybridized carbons (Fsp3) is 0.250. The van der Waals surface area contributed by atoms with E-state index in [1.807, 2.05) is 321 Å². The molecule has 0 saturated carbocycles. The van der Waals surface area contributed by atoms with Crippen LogP contribution < -0.4 is 0 Å². The Morgan fingerprint density at radius 3 is 1.14 bits per heavy atom. The minimum Gasteiger partial charge on any atom is -0.264 e. The van der Waals surface area contributed by atoms with Gasteiger partial charge in [0.05, 0.1) is 27.6 Å². The highest BCUT2D eigenvalue weighted by Crippen LogP contribution is 2.21. The van der Waals surface area contributed by atoms with Crippen molar-refractivity contribution in [2.75, 3.05) is 0 Å². The molecule has 18 rings (SSSR count). The van der Waals surface area contributed by atoms with Crippen molar-refractivity contribution in [3.05, 3.63) is 379 Å². The molecule has 9 heteroatoms. The summed E-state index contributed by atoms with van der Waals surface area (Å²) in [5.74, 6) is 0. The Morgan fingerprint density at radius 2 is 0.538 bits per heavy atom. The third kappa shape index (κ3) is 36.4. The lowest BCUT2D eigenvalue weighted by Gasteiger charge is -1.98. The predicted molar refractivity (Wildman–Crippen MR) is 520 cm³/mol. The van der Waals surface area contributed by atoms with Crippen molar-refractivity contribution in [3.63, 3.8) is 0 Å². The van der Waals surface area contributed by atoms with Crippen LogP contribution in [0.4, 0.5) is 0 Å². The molecule has 117 heavy (non-hydrogen) atoms. The Kier molecular flexibility index (Phi) is 55.3. The van der Waals surface area contributed by atoms with E-state index >= 15 is 0 Å². The van der Waals surface area contributed by atoms with Crippen LogP contribution in [0.25, 0.3) is 97.6 Å². The summed E-state index contributed by atoms with van der Waals surface area (Å²) in [6.07, 6.45) is 22.2. The van der Waals surface area contributed by atoms with E-state index in [-0.39, 0.29) is 0 Å². The molecule has 612 valence electrons. The van der Waals surface area contributed by atoms with Crippen LogP contribution in [0.3, 0.4) is 0 Å². The average Bonchev–Trinajstić information content (AvgIpc) is 0.843. The van der Waals surface area contributed by atoms with Gasteiger partial charge in [-0.15, -0.1) is 0 Å². The highest BCUT2D eigenvalue weighted by atomic mass is 14.7. The smallest absolute Gasteiger partial charge is 0.0704 e. The quantitative estimate of drug-likeness (QED) is 0.146. The Labute approximate surface area is 704 Å². The van der Waals surface area contributed by atoms with Gasteiger partial charge in [0.1, 0.15) is 0 Å². The number of aromatic nitrogens is 9. The fourth-order valence-corrected chi connectivity index (χ4v) is 11.0. The molecule has 0 aliphatic carbocycles. The van der Waals surface area contributed by atoms with Crippen molar-refractivity contribution >= 4 is 97.6 Å². The number of rotatable bonds is 0. The summed E-state index contributed by atoms with van der Waals surface area (Å²) in [6.45, 7) is 54.7. The summed E-state index contributed by atoms with van der Waals surface area (Å²) in [5, 5.41) is 16.1. The van der Waals surface area contributed by atoms with Crippen LogP contribution in [0.1, 0.15) is 175 Å². The van der Waals surface area contributed by atoms with Crippen LogP contribution >= 0.6 is 0 Å². The number of benzene rings is 9. The van der Waals surface area contributed by atoms with Gasteiger partial charge in [-0.1, -0.05) is 305 Å². The van der Waals surface area contributed by atoms with Crippen LogP contribution in [0.15, 0.2) is 329 Å². The van der Waals surface area contributed by atoms with Gasteiger partial charge in [0.25, 0.3) is 0 Å². The zero-order chi connectivity index (χ0) is 87.1. The molecule has 0 radical (unpaired) electrons. The maximum absolute atomic E-state index is 4.28. The molecule has 0 aliphatic rings. The standard InChI is InChI=1S/9C10H9N.9C2H6/c1-8-4-2-6-10-9(8)5-3-7-11-10;1-8-2-3-10-7-11-5-4-9(10)6-8;1-8-2-3-9-4-5-11-7-10(9)6-8;1-8-4-5-10-9(7-8)3-2-6-11-10;1-8-4-5-9-3-2-6-11-10(9)7-8;1-8-6-11-7-9-4-2-3-5-10(8)9;1-8-6-9-4-2-3-5-10(9)11-7-8;1-8-10-5-3-2-4-9(10)6-7-11-8;1-8-6-7-11-10-5-3-2-4-9(8)10;9*1-2/h9*2-7H,1H3;9*1-2H3. The summed E-state index contributed by atoms with van der Waals surface area (Å²) >= 11 is 0.